The van der Waals surface area contributed by atoms with Gasteiger partial charge in [-0.2, -0.15) is 5.48 Å². The molecule has 0 fully saturated rings. The normalized spacial score (nSPS) is 13.8. The number of carbonyl (C=O) groups is 1. The van der Waals surface area contributed by atoms with Crippen LogP contribution in [0.3, 0.4) is 0 Å². The van der Waals surface area contributed by atoms with Crippen molar-refractivity contribution >= 4 is 5.78 Å². The second-order valence-corrected chi connectivity index (χ2v) is 6.29. The molecule has 124 valence electrons. The number of hydrogen-bond acceptors (Lipinski definition) is 3. The first kappa shape index (κ1) is 18.9. The van der Waals surface area contributed by atoms with E-state index in [-0.39, 0.29) is 5.78 Å². The van der Waals surface area contributed by atoms with Crippen molar-refractivity contribution in [2.24, 2.45) is 5.92 Å². The van der Waals surface area contributed by atoms with Crippen LogP contribution in [0.25, 0.3) is 0 Å². The fourth-order valence-corrected chi connectivity index (χ4v) is 2.75. The monoisotopic (exact) mass is 305 g/mol. The van der Waals surface area contributed by atoms with Gasteiger partial charge in [-0.3, -0.25) is 4.79 Å². The number of ketones is 1. The lowest BCUT2D eigenvalue weighted by molar-refractivity contribution is -0.124. The van der Waals surface area contributed by atoms with Crippen molar-refractivity contribution in [2.45, 2.75) is 71.3 Å². The Balaban J connectivity index is 2.29. The minimum atomic E-state index is -0.599. The van der Waals surface area contributed by atoms with Gasteiger partial charge in [-0.1, -0.05) is 82.7 Å². The molecule has 1 aromatic rings. The molecule has 22 heavy (non-hydrogen) atoms. The van der Waals surface area contributed by atoms with Gasteiger partial charge in [-0.25, -0.2) is 0 Å². The highest BCUT2D eigenvalue weighted by Crippen LogP contribution is 2.20. The lowest BCUT2D eigenvalue weighted by atomic mass is 9.93. The second-order valence-electron chi connectivity index (χ2n) is 6.29. The molecule has 0 aliphatic heterocycles. The quantitative estimate of drug-likeness (QED) is 0.419. The van der Waals surface area contributed by atoms with Gasteiger partial charge in [0.1, 0.15) is 6.04 Å². The van der Waals surface area contributed by atoms with Crippen molar-refractivity contribution in [2.75, 3.05) is 0 Å². The molecule has 0 aromatic heterocycles. The van der Waals surface area contributed by atoms with E-state index < -0.39 is 6.04 Å². The summed E-state index contributed by atoms with van der Waals surface area (Å²) >= 11 is 0. The molecule has 1 rings (SSSR count). The number of nitrogens with one attached hydrogen (secondary N) is 1. The summed E-state index contributed by atoms with van der Waals surface area (Å²) < 4.78 is 0. The zero-order chi connectivity index (χ0) is 16.2. The molecule has 2 unspecified atom stereocenters. The minimum absolute atomic E-state index is 0.0616. The predicted molar refractivity (Wildman–Crippen MR) is 90.9 cm³/mol. The first-order chi connectivity index (χ1) is 10.7. The molecule has 0 bridgehead atoms. The van der Waals surface area contributed by atoms with E-state index in [9.17, 15) is 10.0 Å². The fourth-order valence-electron chi connectivity index (χ4n) is 2.75. The summed E-state index contributed by atoms with van der Waals surface area (Å²) in [5.74, 6) is 0.632. The van der Waals surface area contributed by atoms with Crippen molar-refractivity contribution in [1.82, 2.24) is 5.48 Å². The highest BCUT2D eigenvalue weighted by Gasteiger charge is 2.19. The molecule has 0 spiro atoms. The van der Waals surface area contributed by atoms with E-state index in [2.05, 4.69) is 19.3 Å². The van der Waals surface area contributed by atoms with Crippen LogP contribution in [0.2, 0.25) is 0 Å². The van der Waals surface area contributed by atoms with Crippen LogP contribution in [0.5, 0.6) is 0 Å². The van der Waals surface area contributed by atoms with E-state index in [1.165, 1.54) is 38.5 Å². The second kappa shape index (κ2) is 11.4. The van der Waals surface area contributed by atoms with E-state index in [1.54, 1.807) is 0 Å². The topological polar surface area (TPSA) is 49.3 Å². The van der Waals surface area contributed by atoms with E-state index >= 15 is 0 Å². The van der Waals surface area contributed by atoms with Gasteiger partial charge in [0.05, 0.1) is 0 Å². The van der Waals surface area contributed by atoms with Gasteiger partial charge in [0.2, 0.25) is 0 Å². The third-order valence-corrected chi connectivity index (χ3v) is 4.27. The number of benzene rings is 1. The van der Waals surface area contributed by atoms with Crippen LogP contribution in [-0.2, 0) is 4.79 Å². The molecule has 0 amide bonds. The zero-order valence-electron chi connectivity index (χ0n) is 14.1. The number of hydrogen-bond donors (Lipinski definition) is 2. The van der Waals surface area contributed by atoms with Crippen molar-refractivity contribution < 1.29 is 10.0 Å². The van der Waals surface area contributed by atoms with E-state index in [0.717, 1.165) is 12.0 Å². The fraction of sp³-hybridized carbons (Fsp3) is 0.632. The predicted octanol–water partition coefficient (Wildman–Crippen LogP) is 5.05. The molecule has 0 saturated carbocycles. The zero-order valence-corrected chi connectivity index (χ0v) is 14.1. The Labute approximate surface area is 135 Å². The highest BCUT2D eigenvalue weighted by molar-refractivity contribution is 5.85. The summed E-state index contributed by atoms with van der Waals surface area (Å²) in [7, 11) is 0. The SMILES string of the molecule is CCCCCCCC(C)CCC(=O)C(NO)c1ccccc1. The first-order valence-corrected chi connectivity index (χ1v) is 8.66. The molecule has 1 aromatic carbocycles. The minimum Gasteiger partial charge on any atom is -0.316 e. The molecule has 0 aliphatic rings. The molecular formula is C19H31NO2. The molecule has 0 saturated heterocycles. The molecule has 0 heterocycles. The summed E-state index contributed by atoms with van der Waals surface area (Å²) in [5.41, 5.74) is 2.98. The van der Waals surface area contributed by atoms with Crippen molar-refractivity contribution in [3.05, 3.63) is 35.9 Å². The Hall–Kier alpha value is -1.19. The summed E-state index contributed by atoms with van der Waals surface area (Å²) in [6.07, 6.45) is 9.10. The van der Waals surface area contributed by atoms with Crippen LogP contribution in [0.4, 0.5) is 0 Å². The van der Waals surface area contributed by atoms with E-state index in [0.29, 0.717) is 12.3 Å². The van der Waals surface area contributed by atoms with E-state index in [4.69, 9.17) is 0 Å². The Kier molecular flexibility index (Phi) is 9.76. The average Bonchev–Trinajstić information content (AvgIpc) is 2.54. The largest absolute Gasteiger partial charge is 0.316 e. The Morgan fingerprint density at radius 3 is 2.41 bits per heavy atom. The molecule has 2 N–H and O–H groups in total. The van der Waals surface area contributed by atoms with Gasteiger partial charge >= 0.3 is 0 Å². The van der Waals surface area contributed by atoms with Gasteiger partial charge in [-0.05, 0) is 17.9 Å². The standard InChI is InChI=1S/C19H31NO2/c1-3-4-5-6-8-11-16(2)14-15-18(21)19(20-22)17-12-9-7-10-13-17/h7,9-10,12-13,16,19-20,22H,3-6,8,11,14-15H2,1-2H3. The number of carbonyl (C=O) groups excluding carboxylic acids is 1. The summed E-state index contributed by atoms with van der Waals surface area (Å²) in [6, 6.07) is 8.80. The van der Waals surface area contributed by atoms with Crippen LogP contribution in [0.1, 0.15) is 76.8 Å². The molecular weight excluding hydrogens is 274 g/mol. The number of rotatable bonds is 12. The van der Waals surface area contributed by atoms with E-state index in [1.807, 2.05) is 30.3 Å². The molecule has 3 nitrogen and oxygen atoms in total. The van der Waals surface area contributed by atoms with Gasteiger partial charge in [0, 0.05) is 6.42 Å². The van der Waals surface area contributed by atoms with Crippen LogP contribution in [0.15, 0.2) is 30.3 Å². The summed E-state index contributed by atoms with van der Waals surface area (Å²) in [5, 5.41) is 9.27. The third-order valence-electron chi connectivity index (χ3n) is 4.27. The Morgan fingerprint density at radius 1 is 1.09 bits per heavy atom. The van der Waals surface area contributed by atoms with Crippen LogP contribution in [0, 0.1) is 5.92 Å². The Bertz CT molecular complexity index is 405. The van der Waals surface area contributed by atoms with Gasteiger partial charge in [0.15, 0.2) is 5.78 Å². The van der Waals surface area contributed by atoms with Gasteiger partial charge in [0.25, 0.3) is 0 Å². The molecule has 0 aliphatic carbocycles. The smallest absolute Gasteiger partial charge is 0.156 e. The number of Topliss-reactive ketones (excluding diaryl/α,β-unsaturated/α-hetero) is 1. The molecule has 0 radical (unpaired) electrons. The van der Waals surface area contributed by atoms with Crippen LogP contribution in [-0.4, -0.2) is 11.0 Å². The summed E-state index contributed by atoms with van der Waals surface area (Å²) in [4.78, 5) is 12.3. The summed E-state index contributed by atoms with van der Waals surface area (Å²) in [6.45, 7) is 4.45. The number of unbranched alkanes of at least 4 members (excludes halogenated alkanes) is 4. The van der Waals surface area contributed by atoms with Crippen LogP contribution >= 0.6 is 0 Å². The third kappa shape index (κ3) is 7.19. The van der Waals surface area contributed by atoms with Crippen molar-refractivity contribution in [3.8, 4) is 0 Å². The molecule has 3 heteroatoms. The maximum atomic E-state index is 12.3. The van der Waals surface area contributed by atoms with Crippen molar-refractivity contribution in [3.63, 3.8) is 0 Å². The van der Waals surface area contributed by atoms with Gasteiger partial charge in [-0.15, -0.1) is 0 Å². The number of hydroxylamine groups is 1. The lowest BCUT2D eigenvalue weighted by Crippen LogP contribution is -2.26. The molecule has 2 atom stereocenters. The van der Waals surface area contributed by atoms with Crippen LogP contribution < -0.4 is 5.48 Å². The van der Waals surface area contributed by atoms with Crippen molar-refractivity contribution in [1.29, 1.82) is 0 Å². The Morgan fingerprint density at radius 2 is 1.77 bits per heavy atom. The maximum Gasteiger partial charge on any atom is 0.156 e. The highest BCUT2D eigenvalue weighted by atomic mass is 16.5. The lowest BCUT2D eigenvalue weighted by Gasteiger charge is -2.16. The first-order valence-electron chi connectivity index (χ1n) is 8.66. The maximum absolute atomic E-state index is 12.3. The average molecular weight is 305 g/mol. The van der Waals surface area contributed by atoms with Gasteiger partial charge < -0.3 is 5.21 Å².